The van der Waals surface area contributed by atoms with Crippen LogP contribution in [0.2, 0.25) is 0 Å². The topological polar surface area (TPSA) is 78.3 Å². The number of anilines is 1. The Morgan fingerprint density at radius 1 is 1.29 bits per heavy atom. The van der Waals surface area contributed by atoms with Gasteiger partial charge in [-0.25, -0.2) is 9.50 Å². The van der Waals surface area contributed by atoms with E-state index in [9.17, 15) is 4.79 Å². The number of aromatic amines is 1. The van der Waals surface area contributed by atoms with Crippen LogP contribution < -0.4 is 5.32 Å². The van der Waals surface area contributed by atoms with Crippen LogP contribution in [0.5, 0.6) is 0 Å². The van der Waals surface area contributed by atoms with E-state index < -0.39 is 0 Å². The standard InChI is InChI=1S/C21H22N6O/c1-13-8-16-6-5-14(12-27(16)25-13)21(28)24-20-10-17-15(11-22-20)9-18(23-17)19-4-3-7-26(19)2/h5-6,8-12,19,23H,3-4,7H2,1-2H3,(H,22,24,28)/t19-/m1/s1. The summed E-state index contributed by atoms with van der Waals surface area (Å²) >= 11 is 0. The molecule has 28 heavy (non-hydrogen) atoms. The zero-order chi connectivity index (χ0) is 19.3. The largest absolute Gasteiger partial charge is 0.357 e. The van der Waals surface area contributed by atoms with Gasteiger partial charge < -0.3 is 10.3 Å². The van der Waals surface area contributed by atoms with Gasteiger partial charge in [-0.2, -0.15) is 5.10 Å². The molecule has 0 aromatic carbocycles. The first kappa shape index (κ1) is 16.9. The van der Waals surface area contributed by atoms with Crippen molar-refractivity contribution in [3.63, 3.8) is 0 Å². The molecule has 0 bridgehead atoms. The Balaban J connectivity index is 1.39. The molecule has 1 aliphatic rings. The van der Waals surface area contributed by atoms with Gasteiger partial charge in [-0.1, -0.05) is 0 Å². The molecule has 1 saturated heterocycles. The lowest BCUT2D eigenvalue weighted by molar-refractivity contribution is 0.102. The van der Waals surface area contributed by atoms with Crippen LogP contribution in [0.3, 0.4) is 0 Å². The van der Waals surface area contributed by atoms with Crippen molar-refractivity contribution in [3.05, 3.63) is 59.7 Å². The highest BCUT2D eigenvalue weighted by molar-refractivity contribution is 6.04. The summed E-state index contributed by atoms with van der Waals surface area (Å²) < 4.78 is 1.72. The maximum Gasteiger partial charge on any atom is 0.258 e. The lowest BCUT2D eigenvalue weighted by Gasteiger charge is -2.17. The Bertz CT molecular complexity index is 1190. The fourth-order valence-corrected chi connectivity index (χ4v) is 4.04. The molecule has 4 aromatic heterocycles. The maximum atomic E-state index is 12.6. The van der Waals surface area contributed by atoms with Gasteiger partial charge in [-0.05, 0) is 57.6 Å². The van der Waals surface area contributed by atoms with E-state index in [0.717, 1.165) is 35.1 Å². The van der Waals surface area contributed by atoms with Crippen molar-refractivity contribution in [2.45, 2.75) is 25.8 Å². The fraction of sp³-hybridized carbons (Fsp3) is 0.286. The first-order chi connectivity index (χ1) is 13.6. The molecule has 1 aliphatic heterocycles. The van der Waals surface area contributed by atoms with E-state index >= 15 is 0 Å². The molecular formula is C21H22N6O. The molecular weight excluding hydrogens is 352 g/mol. The molecule has 4 aromatic rings. The summed E-state index contributed by atoms with van der Waals surface area (Å²) in [6.45, 7) is 3.06. The van der Waals surface area contributed by atoms with Crippen LogP contribution in [0, 0.1) is 6.92 Å². The monoisotopic (exact) mass is 374 g/mol. The Hall–Kier alpha value is -3.19. The number of aryl methyl sites for hydroxylation is 1. The van der Waals surface area contributed by atoms with Crippen molar-refractivity contribution in [2.24, 2.45) is 0 Å². The lowest BCUT2D eigenvalue weighted by atomic mass is 10.1. The third-order valence-corrected chi connectivity index (χ3v) is 5.49. The van der Waals surface area contributed by atoms with Gasteiger partial charge in [0.1, 0.15) is 5.82 Å². The van der Waals surface area contributed by atoms with Gasteiger partial charge in [-0.15, -0.1) is 0 Å². The number of carbonyl (C=O) groups excluding carboxylic acids is 1. The Labute approximate surface area is 162 Å². The normalized spacial score (nSPS) is 17.6. The summed E-state index contributed by atoms with van der Waals surface area (Å²) in [5, 5.41) is 8.31. The van der Waals surface area contributed by atoms with Gasteiger partial charge >= 0.3 is 0 Å². The number of likely N-dealkylation sites (tertiary alicyclic amines) is 1. The van der Waals surface area contributed by atoms with Gasteiger partial charge in [0.2, 0.25) is 0 Å². The zero-order valence-corrected chi connectivity index (χ0v) is 15.9. The minimum atomic E-state index is -0.204. The third-order valence-electron chi connectivity index (χ3n) is 5.49. The Morgan fingerprint density at radius 3 is 3.00 bits per heavy atom. The molecule has 1 fully saturated rings. The molecule has 0 radical (unpaired) electrons. The second kappa shape index (κ2) is 6.45. The predicted molar refractivity (Wildman–Crippen MR) is 109 cm³/mol. The van der Waals surface area contributed by atoms with Crippen LogP contribution in [0.15, 0.2) is 42.7 Å². The highest BCUT2D eigenvalue weighted by atomic mass is 16.1. The number of H-pyrrole nitrogens is 1. The Kier molecular flexibility index (Phi) is 3.91. The molecule has 1 atom stereocenters. The molecule has 7 nitrogen and oxygen atoms in total. The van der Waals surface area contributed by atoms with E-state index in [1.54, 1.807) is 23.0 Å². The number of fused-ring (bicyclic) bond motifs is 2. The van der Waals surface area contributed by atoms with Crippen molar-refractivity contribution in [2.75, 3.05) is 18.9 Å². The first-order valence-electron chi connectivity index (χ1n) is 9.53. The second-order valence-corrected chi connectivity index (χ2v) is 7.55. The van der Waals surface area contributed by atoms with Gasteiger partial charge in [-0.3, -0.25) is 9.69 Å². The van der Waals surface area contributed by atoms with Crippen molar-refractivity contribution in [1.29, 1.82) is 0 Å². The van der Waals surface area contributed by atoms with Gasteiger partial charge in [0.15, 0.2) is 0 Å². The van der Waals surface area contributed by atoms with Crippen LogP contribution in [-0.4, -0.2) is 44.0 Å². The number of hydrogen-bond donors (Lipinski definition) is 2. The van der Waals surface area contributed by atoms with Crippen LogP contribution in [0.4, 0.5) is 5.82 Å². The number of nitrogens with one attached hydrogen (secondary N) is 2. The van der Waals surface area contributed by atoms with E-state index in [0.29, 0.717) is 17.4 Å². The molecule has 2 N–H and O–H groups in total. The summed E-state index contributed by atoms with van der Waals surface area (Å²) in [5.74, 6) is 0.326. The lowest BCUT2D eigenvalue weighted by Crippen LogP contribution is -2.17. The van der Waals surface area contributed by atoms with E-state index in [-0.39, 0.29) is 5.91 Å². The van der Waals surface area contributed by atoms with E-state index in [1.807, 2.05) is 25.1 Å². The van der Waals surface area contributed by atoms with Crippen LogP contribution in [-0.2, 0) is 0 Å². The molecule has 0 spiro atoms. The maximum absolute atomic E-state index is 12.6. The highest BCUT2D eigenvalue weighted by Gasteiger charge is 2.24. The minimum Gasteiger partial charge on any atom is -0.357 e. The van der Waals surface area contributed by atoms with Crippen molar-refractivity contribution in [3.8, 4) is 0 Å². The van der Waals surface area contributed by atoms with Gasteiger partial charge in [0.25, 0.3) is 5.91 Å². The van der Waals surface area contributed by atoms with Crippen molar-refractivity contribution in [1.82, 2.24) is 24.5 Å². The third kappa shape index (κ3) is 2.93. The van der Waals surface area contributed by atoms with Crippen LogP contribution in [0.25, 0.3) is 16.4 Å². The average Bonchev–Trinajstić information content (AvgIpc) is 3.37. The number of amides is 1. The minimum absolute atomic E-state index is 0.204. The molecule has 7 heteroatoms. The molecule has 0 unspecified atom stereocenters. The molecule has 5 rings (SSSR count). The number of hydrogen-bond acceptors (Lipinski definition) is 4. The summed E-state index contributed by atoms with van der Waals surface area (Å²) in [7, 11) is 2.16. The highest BCUT2D eigenvalue weighted by Crippen LogP contribution is 2.32. The van der Waals surface area contributed by atoms with E-state index in [2.05, 4.69) is 38.4 Å². The number of nitrogens with zero attached hydrogens (tertiary/aromatic N) is 4. The smallest absolute Gasteiger partial charge is 0.258 e. The van der Waals surface area contributed by atoms with Gasteiger partial charge in [0, 0.05) is 35.6 Å². The summed E-state index contributed by atoms with van der Waals surface area (Å²) in [6.07, 6.45) is 5.92. The average molecular weight is 374 g/mol. The quantitative estimate of drug-likeness (QED) is 0.575. The zero-order valence-electron chi connectivity index (χ0n) is 15.9. The summed E-state index contributed by atoms with van der Waals surface area (Å²) in [4.78, 5) is 22.9. The SMILES string of the molecule is Cc1cc2ccc(C(=O)Nc3cc4[nH]c([C@H]5CCCN5C)cc4cn3)cn2n1. The fourth-order valence-electron chi connectivity index (χ4n) is 4.04. The van der Waals surface area contributed by atoms with Crippen molar-refractivity contribution >= 4 is 28.1 Å². The summed E-state index contributed by atoms with van der Waals surface area (Å²) in [6, 6.07) is 10.1. The number of pyridine rings is 2. The Morgan fingerprint density at radius 2 is 2.18 bits per heavy atom. The van der Waals surface area contributed by atoms with Crippen molar-refractivity contribution < 1.29 is 4.79 Å². The molecule has 0 saturated carbocycles. The molecule has 5 heterocycles. The van der Waals surface area contributed by atoms with Crippen LogP contribution >= 0.6 is 0 Å². The first-order valence-corrected chi connectivity index (χ1v) is 9.53. The molecule has 142 valence electrons. The number of carbonyl (C=O) groups is 1. The van der Waals surface area contributed by atoms with Gasteiger partial charge in [0.05, 0.1) is 22.3 Å². The van der Waals surface area contributed by atoms with E-state index in [1.165, 1.54) is 12.1 Å². The van der Waals surface area contributed by atoms with Crippen LogP contribution in [0.1, 0.15) is 40.6 Å². The molecule has 0 aliphatic carbocycles. The predicted octanol–water partition coefficient (Wildman–Crippen LogP) is 3.54. The number of aromatic nitrogens is 4. The number of rotatable bonds is 3. The van der Waals surface area contributed by atoms with E-state index in [4.69, 9.17) is 0 Å². The second-order valence-electron chi connectivity index (χ2n) is 7.55. The molecule has 1 amide bonds. The summed E-state index contributed by atoms with van der Waals surface area (Å²) in [5.41, 5.74) is 4.61.